The lowest BCUT2D eigenvalue weighted by molar-refractivity contribution is -0.136. The van der Waals surface area contributed by atoms with Gasteiger partial charge in [-0.15, -0.1) is 0 Å². The predicted octanol–water partition coefficient (Wildman–Crippen LogP) is 2.60. The minimum Gasteiger partial charge on any atom is -0.488 e. The molecule has 0 aromatic heterocycles. The minimum atomic E-state index is -0.872. The largest absolute Gasteiger partial charge is 0.488 e. The molecule has 0 heterocycles. The van der Waals surface area contributed by atoms with E-state index in [1.807, 2.05) is 0 Å². The van der Waals surface area contributed by atoms with E-state index in [4.69, 9.17) is 9.84 Å². The standard InChI is InChI=1S/C11H11BrO3/c1-8(12)7-15-10-5-3-2-4-9(10)6-11(13)14/h2-5H,1,6-7H2,(H,13,14). The molecule has 1 aromatic carbocycles. The van der Waals surface area contributed by atoms with Gasteiger partial charge in [-0.3, -0.25) is 4.79 Å². The van der Waals surface area contributed by atoms with Crippen LogP contribution in [0.4, 0.5) is 0 Å². The Hall–Kier alpha value is -1.29. The number of ether oxygens (including phenoxy) is 1. The molecule has 1 aromatic rings. The fourth-order valence-electron chi connectivity index (χ4n) is 1.11. The molecule has 0 radical (unpaired) electrons. The highest BCUT2D eigenvalue weighted by Gasteiger charge is 2.06. The Balaban J connectivity index is 2.76. The summed E-state index contributed by atoms with van der Waals surface area (Å²) in [6.45, 7) is 3.97. The Morgan fingerprint density at radius 2 is 2.13 bits per heavy atom. The molecule has 0 aliphatic heterocycles. The number of carbonyl (C=O) groups is 1. The lowest BCUT2D eigenvalue weighted by Gasteiger charge is -2.09. The molecule has 1 rings (SSSR count). The summed E-state index contributed by atoms with van der Waals surface area (Å²) in [7, 11) is 0. The third kappa shape index (κ3) is 4.16. The Labute approximate surface area is 96.5 Å². The van der Waals surface area contributed by atoms with E-state index in [9.17, 15) is 4.79 Å². The van der Waals surface area contributed by atoms with Gasteiger partial charge in [0.05, 0.1) is 6.42 Å². The Morgan fingerprint density at radius 1 is 1.47 bits per heavy atom. The minimum absolute atomic E-state index is 0.0368. The molecule has 80 valence electrons. The van der Waals surface area contributed by atoms with E-state index in [2.05, 4.69) is 22.5 Å². The highest BCUT2D eigenvalue weighted by Crippen LogP contribution is 2.19. The molecule has 1 N–H and O–H groups in total. The number of para-hydroxylation sites is 1. The zero-order valence-corrected chi connectivity index (χ0v) is 9.66. The highest BCUT2D eigenvalue weighted by molar-refractivity contribution is 9.11. The summed E-state index contributed by atoms with van der Waals surface area (Å²) < 4.78 is 6.11. The van der Waals surface area contributed by atoms with Crippen LogP contribution in [0.15, 0.2) is 35.3 Å². The first kappa shape index (κ1) is 11.8. The number of rotatable bonds is 5. The second-order valence-electron chi connectivity index (χ2n) is 2.98. The van der Waals surface area contributed by atoms with E-state index in [0.29, 0.717) is 22.4 Å². The van der Waals surface area contributed by atoms with Crippen LogP contribution in [-0.4, -0.2) is 17.7 Å². The summed E-state index contributed by atoms with van der Waals surface area (Å²) in [5, 5.41) is 8.69. The summed E-state index contributed by atoms with van der Waals surface area (Å²) >= 11 is 3.17. The molecule has 0 spiro atoms. The van der Waals surface area contributed by atoms with Crippen molar-refractivity contribution in [2.75, 3.05) is 6.61 Å². The summed E-state index contributed by atoms with van der Waals surface area (Å²) in [4.78, 5) is 10.6. The van der Waals surface area contributed by atoms with Gasteiger partial charge in [0.2, 0.25) is 0 Å². The zero-order chi connectivity index (χ0) is 11.3. The van der Waals surface area contributed by atoms with Crippen LogP contribution in [0, 0.1) is 0 Å². The molecule has 3 nitrogen and oxygen atoms in total. The fourth-order valence-corrected chi connectivity index (χ4v) is 1.22. The number of aliphatic carboxylic acids is 1. The van der Waals surface area contributed by atoms with Gasteiger partial charge in [-0.2, -0.15) is 0 Å². The van der Waals surface area contributed by atoms with E-state index in [0.717, 1.165) is 0 Å². The number of carboxylic acid groups (broad SMARTS) is 1. The molecule has 0 saturated heterocycles. The second-order valence-corrected chi connectivity index (χ2v) is 4.11. The van der Waals surface area contributed by atoms with Gasteiger partial charge in [0, 0.05) is 10.0 Å². The molecule has 4 heteroatoms. The average molecular weight is 271 g/mol. The van der Waals surface area contributed by atoms with Crippen LogP contribution in [0.1, 0.15) is 5.56 Å². The van der Waals surface area contributed by atoms with E-state index in [-0.39, 0.29) is 6.42 Å². The molecule has 0 amide bonds. The van der Waals surface area contributed by atoms with Crippen LogP contribution in [0.3, 0.4) is 0 Å². The molecule has 0 unspecified atom stereocenters. The van der Waals surface area contributed by atoms with Gasteiger partial charge in [0.25, 0.3) is 0 Å². The first-order valence-corrected chi connectivity index (χ1v) is 5.14. The van der Waals surface area contributed by atoms with Crippen LogP contribution >= 0.6 is 15.9 Å². The third-order valence-electron chi connectivity index (χ3n) is 1.70. The quantitative estimate of drug-likeness (QED) is 0.895. The Morgan fingerprint density at radius 3 is 2.73 bits per heavy atom. The maximum absolute atomic E-state index is 10.6. The van der Waals surface area contributed by atoms with Gasteiger partial charge in [0.15, 0.2) is 0 Å². The average Bonchev–Trinajstić information content (AvgIpc) is 2.15. The molecule has 0 aliphatic rings. The topological polar surface area (TPSA) is 46.5 Å². The normalized spacial score (nSPS) is 9.67. The molecule has 0 bridgehead atoms. The number of benzene rings is 1. The van der Waals surface area contributed by atoms with Crippen LogP contribution in [0.25, 0.3) is 0 Å². The lowest BCUT2D eigenvalue weighted by Crippen LogP contribution is -2.04. The first-order chi connectivity index (χ1) is 7.09. The number of hydrogen-bond donors (Lipinski definition) is 1. The third-order valence-corrected chi connectivity index (χ3v) is 1.93. The van der Waals surface area contributed by atoms with Gasteiger partial charge in [-0.05, 0) is 6.07 Å². The number of carboxylic acids is 1. The molecular weight excluding hydrogens is 260 g/mol. The Kier molecular flexibility index (Phi) is 4.37. The molecule has 0 fully saturated rings. The van der Waals surface area contributed by atoms with Crippen LogP contribution in [0.5, 0.6) is 5.75 Å². The van der Waals surface area contributed by atoms with E-state index >= 15 is 0 Å². The van der Waals surface area contributed by atoms with Gasteiger partial charge in [-0.1, -0.05) is 40.7 Å². The van der Waals surface area contributed by atoms with Crippen molar-refractivity contribution in [2.24, 2.45) is 0 Å². The van der Waals surface area contributed by atoms with Crippen LogP contribution in [0.2, 0.25) is 0 Å². The van der Waals surface area contributed by atoms with E-state index < -0.39 is 5.97 Å². The van der Waals surface area contributed by atoms with Crippen molar-refractivity contribution in [2.45, 2.75) is 6.42 Å². The molecule has 0 atom stereocenters. The predicted molar refractivity (Wildman–Crippen MR) is 61.3 cm³/mol. The highest BCUT2D eigenvalue weighted by atomic mass is 79.9. The fraction of sp³-hybridized carbons (Fsp3) is 0.182. The van der Waals surface area contributed by atoms with E-state index in [1.165, 1.54) is 0 Å². The van der Waals surface area contributed by atoms with Crippen molar-refractivity contribution in [3.8, 4) is 5.75 Å². The number of halogens is 1. The van der Waals surface area contributed by atoms with Gasteiger partial charge >= 0.3 is 5.97 Å². The lowest BCUT2D eigenvalue weighted by atomic mass is 10.1. The monoisotopic (exact) mass is 270 g/mol. The summed E-state index contributed by atoms with van der Waals surface area (Å²) in [6.07, 6.45) is -0.0368. The van der Waals surface area contributed by atoms with Crippen molar-refractivity contribution in [1.29, 1.82) is 0 Å². The SMILES string of the molecule is C=C(Br)COc1ccccc1CC(=O)O. The zero-order valence-electron chi connectivity index (χ0n) is 8.07. The molecule has 0 saturated carbocycles. The second kappa shape index (κ2) is 5.56. The summed E-state index contributed by atoms with van der Waals surface area (Å²) in [5.41, 5.74) is 0.666. The molecular formula is C11H11BrO3. The summed E-state index contributed by atoms with van der Waals surface area (Å²) in [5.74, 6) is -0.288. The van der Waals surface area contributed by atoms with Crippen molar-refractivity contribution < 1.29 is 14.6 Å². The van der Waals surface area contributed by atoms with Crippen LogP contribution in [-0.2, 0) is 11.2 Å². The van der Waals surface area contributed by atoms with Crippen LogP contribution < -0.4 is 4.74 Å². The van der Waals surface area contributed by atoms with E-state index in [1.54, 1.807) is 24.3 Å². The maximum Gasteiger partial charge on any atom is 0.307 e. The van der Waals surface area contributed by atoms with Gasteiger partial charge < -0.3 is 9.84 Å². The first-order valence-electron chi connectivity index (χ1n) is 4.35. The van der Waals surface area contributed by atoms with Crippen molar-refractivity contribution in [1.82, 2.24) is 0 Å². The summed E-state index contributed by atoms with van der Waals surface area (Å²) in [6, 6.07) is 7.07. The van der Waals surface area contributed by atoms with Gasteiger partial charge in [0.1, 0.15) is 12.4 Å². The van der Waals surface area contributed by atoms with Crippen molar-refractivity contribution in [3.63, 3.8) is 0 Å². The van der Waals surface area contributed by atoms with Crippen molar-refractivity contribution >= 4 is 21.9 Å². The van der Waals surface area contributed by atoms with Gasteiger partial charge in [-0.25, -0.2) is 0 Å². The van der Waals surface area contributed by atoms with Crippen molar-refractivity contribution in [3.05, 3.63) is 40.9 Å². The number of hydrogen-bond acceptors (Lipinski definition) is 2. The molecule has 15 heavy (non-hydrogen) atoms. The smallest absolute Gasteiger partial charge is 0.307 e. The Bertz CT molecular complexity index is 374. The maximum atomic E-state index is 10.6. The molecule has 0 aliphatic carbocycles.